The van der Waals surface area contributed by atoms with E-state index in [1.165, 1.54) is 21.8 Å². The molecule has 0 aliphatic heterocycles. The SMILES string of the molecule is Cn1c2ccccc2c2cccc(-n3ccnc3-c3ccccc3)c21. The Kier molecular flexibility index (Phi) is 3.01. The Bertz CT molecular complexity index is 1200. The molecule has 5 aromatic rings. The van der Waals surface area contributed by atoms with Crippen molar-refractivity contribution >= 4 is 21.8 Å². The van der Waals surface area contributed by atoms with E-state index in [1.54, 1.807) is 0 Å². The highest BCUT2D eigenvalue weighted by molar-refractivity contribution is 6.10. The van der Waals surface area contributed by atoms with Gasteiger partial charge in [-0.25, -0.2) is 4.98 Å². The summed E-state index contributed by atoms with van der Waals surface area (Å²) in [6, 6.07) is 25.3. The number of nitrogens with zero attached hydrogens (tertiary/aromatic N) is 3. The van der Waals surface area contributed by atoms with E-state index >= 15 is 0 Å². The average Bonchev–Trinajstić information content (AvgIpc) is 3.27. The summed E-state index contributed by atoms with van der Waals surface area (Å²) in [5, 5.41) is 2.55. The van der Waals surface area contributed by atoms with Crippen LogP contribution in [0.3, 0.4) is 0 Å². The predicted molar refractivity (Wildman–Crippen MR) is 103 cm³/mol. The zero-order chi connectivity index (χ0) is 16.8. The Labute approximate surface area is 145 Å². The smallest absolute Gasteiger partial charge is 0.144 e. The van der Waals surface area contributed by atoms with Gasteiger partial charge < -0.3 is 4.57 Å². The minimum Gasteiger partial charge on any atom is -0.342 e. The van der Waals surface area contributed by atoms with Gasteiger partial charge in [-0.2, -0.15) is 0 Å². The number of hydrogen-bond acceptors (Lipinski definition) is 1. The molecule has 5 rings (SSSR count). The maximum absolute atomic E-state index is 4.61. The van der Waals surface area contributed by atoms with Gasteiger partial charge in [0.1, 0.15) is 5.82 Å². The molecule has 3 heteroatoms. The molecule has 0 atom stereocenters. The first kappa shape index (κ1) is 14.1. The summed E-state index contributed by atoms with van der Waals surface area (Å²) >= 11 is 0. The first-order chi connectivity index (χ1) is 12.3. The zero-order valence-electron chi connectivity index (χ0n) is 13.9. The highest BCUT2D eigenvalue weighted by atomic mass is 15.1. The van der Waals surface area contributed by atoms with Crippen molar-refractivity contribution in [2.24, 2.45) is 7.05 Å². The van der Waals surface area contributed by atoms with E-state index in [4.69, 9.17) is 0 Å². The van der Waals surface area contributed by atoms with Gasteiger partial charge in [0.05, 0.1) is 11.2 Å². The molecule has 120 valence electrons. The number of hydrogen-bond donors (Lipinski definition) is 0. The molecule has 0 N–H and O–H groups in total. The van der Waals surface area contributed by atoms with Gasteiger partial charge in [0.25, 0.3) is 0 Å². The molecule has 0 saturated heterocycles. The highest BCUT2D eigenvalue weighted by Crippen LogP contribution is 2.33. The Hall–Kier alpha value is -3.33. The molecule has 0 amide bonds. The van der Waals surface area contributed by atoms with Gasteiger partial charge in [0.15, 0.2) is 0 Å². The molecule has 0 aliphatic carbocycles. The monoisotopic (exact) mass is 323 g/mol. The van der Waals surface area contributed by atoms with Crippen molar-refractivity contribution in [3.8, 4) is 17.1 Å². The number of imidazole rings is 1. The summed E-state index contributed by atoms with van der Waals surface area (Å²) in [5.74, 6) is 0.957. The van der Waals surface area contributed by atoms with Gasteiger partial charge in [-0.15, -0.1) is 0 Å². The number of aromatic nitrogens is 3. The van der Waals surface area contributed by atoms with Crippen molar-refractivity contribution < 1.29 is 0 Å². The Morgan fingerprint density at radius 1 is 0.760 bits per heavy atom. The number of benzene rings is 3. The van der Waals surface area contributed by atoms with Crippen LogP contribution in [0.5, 0.6) is 0 Å². The number of aryl methyl sites for hydroxylation is 1. The second-order valence-electron chi connectivity index (χ2n) is 6.24. The summed E-state index contributed by atoms with van der Waals surface area (Å²) in [6.45, 7) is 0. The second kappa shape index (κ2) is 5.35. The molecule has 0 bridgehead atoms. The van der Waals surface area contributed by atoms with E-state index in [-0.39, 0.29) is 0 Å². The van der Waals surface area contributed by atoms with E-state index in [9.17, 15) is 0 Å². The van der Waals surface area contributed by atoms with Crippen molar-refractivity contribution in [1.29, 1.82) is 0 Å². The standard InChI is InChI=1S/C22H17N3/c1-24-19-12-6-5-10-17(19)18-11-7-13-20(21(18)24)25-15-14-23-22(25)16-8-3-2-4-9-16/h2-15H,1H3. The second-order valence-corrected chi connectivity index (χ2v) is 6.24. The van der Waals surface area contributed by atoms with Crippen molar-refractivity contribution in [3.63, 3.8) is 0 Å². The van der Waals surface area contributed by atoms with E-state index in [0.717, 1.165) is 17.1 Å². The molecule has 0 unspecified atom stereocenters. The van der Waals surface area contributed by atoms with E-state index in [2.05, 4.69) is 75.8 Å². The third kappa shape index (κ3) is 2.02. The lowest BCUT2D eigenvalue weighted by Gasteiger charge is -2.11. The molecule has 0 spiro atoms. The molecule has 0 fully saturated rings. The Morgan fingerprint density at radius 3 is 2.40 bits per heavy atom. The van der Waals surface area contributed by atoms with Crippen LogP contribution in [0.4, 0.5) is 0 Å². The van der Waals surface area contributed by atoms with Gasteiger partial charge >= 0.3 is 0 Å². The number of para-hydroxylation sites is 2. The average molecular weight is 323 g/mol. The summed E-state index contributed by atoms with van der Waals surface area (Å²) in [4.78, 5) is 4.61. The molecule has 2 aromatic heterocycles. The maximum Gasteiger partial charge on any atom is 0.144 e. The molecule has 0 saturated carbocycles. The first-order valence-electron chi connectivity index (χ1n) is 8.40. The molecule has 3 nitrogen and oxygen atoms in total. The van der Waals surface area contributed by atoms with Gasteiger partial charge in [-0.05, 0) is 12.1 Å². The summed E-state index contributed by atoms with van der Waals surface area (Å²) in [5.41, 5.74) is 4.72. The minimum absolute atomic E-state index is 0.957. The fourth-order valence-corrected chi connectivity index (χ4v) is 3.71. The van der Waals surface area contributed by atoms with Crippen LogP contribution in [0.2, 0.25) is 0 Å². The highest BCUT2D eigenvalue weighted by Gasteiger charge is 2.15. The van der Waals surface area contributed by atoms with Crippen LogP contribution in [0, 0.1) is 0 Å². The molecule has 3 aromatic carbocycles. The lowest BCUT2D eigenvalue weighted by molar-refractivity contribution is 0.989. The number of rotatable bonds is 2. The van der Waals surface area contributed by atoms with Crippen molar-refractivity contribution in [1.82, 2.24) is 14.1 Å². The predicted octanol–water partition coefficient (Wildman–Crippen LogP) is 5.18. The summed E-state index contributed by atoms with van der Waals surface area (Å²) in [7, 11) is 2.13. The molecule has 0 aliphatic rings. The van der Waals surface area contributed by atoms with E-state index in [0.29, 0.717) is 0 Å². The Morgan fingerprint density at radius 2 is 1.52 bits per heavy atom. The van der Waals surface area contributed by atoms with Crippen LogP contribution in [0.1, 0.15) is 0 Å². The molecule has 0 radical (unpaired) electrons. The summed E-state index contributed by atoms with van der Waals surface area (Å²) in [6.07, 6.45) is 3.90. The van der Waals surface area contributed by atoms with Crippen LogP contribution < -0.4 is 0 Å². The van der Waals surface area contributed by atoms with Crippen LogP contribution in [-0.4, -0.2) is 14.1 Å². The molecular weight excluding hydrogens is 306 g/mol. The van der Waals surface area contributed by atoms with Gasteiger partial charge in [-0.3, -0.25) is 4.57 Å². The van der Waals surface area contributed by atoms with Crippen LogP contribution in [0.15, 0.2) is 85.2 Å². The zero-order valence-corrected chi connectivity index (χ0v) is 13.9. The van der Waals surface area contributed by atoms with E-state index in [1.807, 2.05) is 30.6 Å². The maximum atomic E-state index is 4.61. The lowest BCUT2D eigenvalue weighted by Crippen LogP contribution is -1.99. The van der Waals surface area contributed by atoms with Crippen LogP contribution >= 0.6 is 0 Å². The largest absolute Gasteiger partial charge is 0.342 e. The third-order valence-electron chi connectivity index (χ3n) is 4.84. The normalized spacial score (nSPS) is 11.4. The summed E-state index contributed by atoms with van der Waals surface area (Å²) < 4.78 is 4.45. The van der Waals surface area contributed by atoms with Crippen molar-refractivity contribution in [2.75, 3.05) is 0 Å². The lowest BCUT2D eigenvalue weighted by atomic mass is 10.1. The topological polar surface area (TPSA) is 22.8 Å². The van der Waals surface area contributed by atoms with Crippen LogP contribution in [0.25, 0.3) is 38.9 Å². The quantitative estimate of drug-likeness (QED) is 0.439. The fourth-order valence-electron chi connectivity index (χ4n) is 3.71. The Balaban J connectivity index is 1.85. The third-order valence-corrected chi connectivity index (χ3v) is 4.84. The van der Waals surface area contributed by atoms with Crippen molar-refractivity contribution in [3.05, 3.63) is 85.2 Å². The fraction of sp³-hybridized carbons (Fsp3) is 0.0455. The molecule has 25 heavy (non-hydrogen) atoms. The van der Waals surface area contributed by atoms with Gasteiger partial charge in [0.2, 0.25) is 0 Å². The van der Waals surface area contributed by atoms with E-state index < -0.39 is 0 Å². The van der Waals surface area contributed by atoms with Gasteiger partial charge in [-0.1, -0.05) is 60.7 Å². The first-order valence-corrected chi connectivity index (χ1v) is 8.40. The number of fused-ring (bicyclic) bond motifs is 3. The molecule has 2 heterocycles. The van der Waals surface area contributed by atoms with Crippen LogP contribution in [-0.2, 0) is 7.05 Å². The van der Waals surface area contributed by atoms with Crippen molar-refractivity contribution in [2.45, 2.75) is 0 Å². The minimum atomic E-state index is 0.957. The van der Waals surface area contributed by atoms with Gasteiger partial charge in [0, 0.05) is 41.3 Å². The molecular formula is C22H17N3.